The van der Waals surface area contributed by atoms with Crippen molar-refractivity contribution in [1.82, 2.24) is 4.90 Å². The number of hydrogen-bond acceptors (Lipinski definition) is 5. The lowest BCUT2D eigenvalue weighted by Gasteiger charge is -2.15. The molecular weight excluding hydrogens is 368 g/mol. The number of fused-ring (bicyclic) bond motifs is 1. The maximum absolute atomic E-state index is 12.5. The number of benzene rings is 1. The first kappa shape index (κ1) is 18.9. The summed E-state index contributed by atoms with van der Waals surface area (Å²) < 4.78 is 5.57. The number of thiophene rings is 1. The number of nitrogens with zero attached hydrogens (tertiary/aromatic N) is 1. The normalized spacial score (nSPS) is 14.7. The number of carbonyl (C=O) groups is 3. The number of nitrogens with one attached hydrogen (secondary N) is 1. The topological polar surface area (TPSA) is 95.9 Å². The summed E-state index contributed by atoms with van der Waals surface area (Å²) in [5.41, 5.74) is 0.874. The van der Waals surface area contributed by atoms with Crippen LogP contribution in [0.15, 0.2) is 35.7 Å². The first-order valence-corrected chi connectivity index (χ1v) is 9.39. The number of carboxylic acids is 1. The van der Waals surface area contributed by atoms with Gasteiger partial charge < -0.3 is 20.1 Å². The van der Waals surface area contributed by atoms with Gasteiger partial charge in [-0.1, -0.05) is 6.07 Å². The van der Waals surface area contributed by atoms with Gasteiger partial charge in [-0.15, -0.1) is 11.3 Å². The second-order valence-corrected chi connectivity index (χ2v) is 7.33. The summed E-state index contributed by atoms with van der Waals surface area (Å²) in [5, 5.41) is 13.7. The Morgan fingerprint density at radius 1 is 1.33 bits per heavy atom. The maximum atomic E-state index is 12.5. The number of rotatable bonds is 6. The van der Waals surface area contributed by atoms with Crippen molar-refractivity contribution in [2.75, 3.05) is 25.5 Å². The number of anilines is 1. The van der Waals surface area contributed by atoms with E-state index in [2.05, 4.69) is 5.32 Å². The highest BCUT2D eigenvalue weighted by Gasteiger charge is 2.23. The summed E-state index contributed by atoms with van der Waals surface area (Å²) in [6.45, 7) is 0.908. The third-order valence-electron chi connectivity index (χ3n) is 4.32. The molecule has 142 valence electrons. The quantitative estimate of drug-likeness (QED) is 0.793. The second kappa shape index (κ2) is 8.22. The van der Waals surface area contributed by atoms with Gasteiger partial charge in [-0.2, -0.15) is 0 Å². The van der Waals surface area contributed by atoms with E-state index < -0.39 is 5.97 Å². The number of carboxylic acid groups (broad SMARTS) is 1. The molecule has 0 fully saturated rings. The number of hydrogen-bond donors (Lipinski definition) is 2. The van der Waals surface area contributed by atoms with Crippen molar-refractivity contribution in [3.63, 3.8) is 0 Å². The lowest BCUT2D eigenvalue weighted by Crippen LogP contribution is -2.27. The van der Waals surface area contributed by atoms with Gasteiger partial charge in [0.1, 0.15) is 12.4 Å². The van der Waals surface area contributed by atoms with Crippen LogP contribution in [-0.4, -0.2) is 48.0 Å². The number of amides is 2. The van der Waals surface area contributed by atoms with E-state index in [1.54, 1.807) is 30.1 Å². The van der Waals surface area contributed by atoms with Crippen LogP contribution in [-0.2, 0) is 9.59 Å². The van der Waals surface area contributed by atoms with Gasteiger partial charge in [-0.25, -0.2) is 0 Å². The summed E-state index contributed by atoms with van der Waals surface area (Å²) in [4.78, 5) is 38.4. The Hall–Kier alpha value is -2.87. The van der Waals surface area contributed by atoms with Crippen molar-refractivity contribution >= 4 is 34.8 Å². The molecule has 0 spiro atoms. The average molecular weight is 388 g/mol. The summed E-state index contributed by atoms with van der Waals surface area (Å²) in [6, 6.07) is 8.60. The van der Waals surface area contributed by atoms with Gasteiger partial charge in [0.2, 0.25) is 5.91 Å². The number of carbonyl (C=O) groups excluding carboxylic acids is 2. The van der Waals surface area contributed by atoms with Crippen molar-refractivity contribution in [1.29, 1.82) is 0 Å². The van der Waals surface area contributed by atoms with Crippen LogP contribution in [0.25, 0.3) is 0 Å². The SMILES string of the molecule is CN1CCOc2ccc(NC(=O)CC(CC(=O)O)c3cccs3)cc2C1=O. The van der Waals surface area contributed by atoms with Gasteiger partial charge in [0.25, 0.3) is 5.91 Å². The molecule has 27 heavy (non-hydrogen) atoms. The molecule has 2 aromatic rings. The molecule has 0 aliphatic carbocycles. The number of likely N-dealkylation sites (N-methyl/N-ethyl adjacent to an activating group) is 1. The monoisotopic (exact) mass is 388 g/mol. The van der Waals surface area contributed by atoms with Crippen LogP contribution in [0.3, 0.4) is 0 Å². The Morgan fingerprint density at radius 3 is 2.85 bits per heavy atom. The fraction of sp³-hybridized carbons (Fsp3) is 0.316. The minimum Gasteiger partial charge on any atom is -0.491 e. The molecule has 2 amide bonds. The van der Waals surface area contributed by atoms with Crippen LogP contribution in [0, 0.1) is 0 Å². The molecule has 2 heterocycles. The van der Waals surface area contributed by atoms with Crippen LogP contribution in [0.2, 0.25) is 0 Å². The summed E-state index contributed by atoms with van der Waals surface area (Å²) >= 11 is 1.43. The van der Waals surface area contributed by atoms with Crippen molar-refractivity contribution < 1.29 is 24.2 Å². The molecule has 7 nitrogen and oxygen atoms in total. The average Bonchev–Trinajstić information content (AvgIpc) is 3.11. The minimum atomic E-state index is -0.947. The summed E-state index contributed by atoms with van der Waals surface area (Å²) in [6.07, 6.45) is -0.0660. The second-order valence-electron chi connectivity index (χ2n) is 6.35. The van der Waals surface area contributed by atoms with Crippen LogP contribution in [0.5, 0.6) is 5.75 Å². The zero-order chi connectivity index (χ0) is 19.4. The van der Waals surface area contributed by atoms with Crippen molar-refractivity contribution in [2.24, 2.45) is 0 Å². The molecule has 0 saturated carbocycles. The smallest absolute Gasteiger partial charge is 0.304 e. The predicted molar refractivity (Wildman–Crippen MR) is 101 cm³/mol. The van der Waals surface area contributed by atoms with Gasteiger partial charge in [-0.3, -0.25) is 14.4 Å². The summed E-state index contributed by atoms with van der Waals surface area (Å²) in [5.74, 6) is -1.31. The van der Waals surface area contributed by atoms with Crippen LogP contribution in [0.4, 0.5) is 5.69 Å². The molecule has 0 bridgehead atoms. The molecular formula is C19H20N2O5S. The lowest BCUT2D eigenvalue weighted by molar-refractivity contribution is -0.137. The lowest BCUT2D eigenvalue weighted by atomic mass is 9.99. The highest BCUT2D eigenvalue weighted by molar-refractivity contribution is 7.10. The van der Waals surface area contributed by atoms with E-state index in [0.29, 0.717) is 30.2 Å². The molecule has 1 aromatic carbocycles. The highest BCUT2D eigenvalue weighted by atomic mass is 32.1. The largest absolute Gasteiger partial charge is 0.491 e. The van der Waals surface area contributed by atoms with E-state index in [0.717, 1.165) is 4.88 Å². The first-order valence-electron chi connectivity index (χ1n) is 8.51. The Balaban J connectivity index is 1.73. The van der Waals surface area contributed by atoms with E-state index in [-0.39, 0.29) is 30.6 Å². The fourth-order valence-electron chi connectivity index (χ4n) is 2.94. The zero-order valence-electron chi connectivity index (χ0n) is 14.8. The van der Waals surface area contributed by atoms with E-state index in [1.807, 2.05) is 17.5 Å². The Labute approximate surface area is 160 Å². The van der Waals surface area contributed by atoms with Gasteiger partial charge in [0.15, 0.2) is 0 Å². The number of ether oxygens (including phenoxy) is 1. The van der Waals surface area contributed by atoms with Gasteiger partial charge in [0.05, 0.1) is 18.5 Å². The Morgan fingerprint density at radius 2 is 2.15 bits per heavy atom. The third-order valence-corrected chi connectivity index (χ3v) is 5.36. The third kappa shape index (κ3) is 4.65. The van der Waals surface area contributed by atoms with Crippen LogP contribution >= 0.6 is 11.3 Å². The van der Waals surface area contributed by atoms with E-state index >= 15 is 0 Å². The molecule has 1 aromatic heterocycles. The Bertz CT molecular complexity index is 850. The molecule has 1 aliphatic heterocycles. The summed E-state index contributed by atoms with van der Waals surface area (Å²) in [7, 11) is 1.70. The van der Waals surface area contributed by atoms with Gasteiger partial charge in [-0.05, 0) is 29.6 Å². The molecule has 1 unspecified atom stereocenters. The highest BCUT2D eigenvalue weighted by Crippen LogP contribution is 2.29. The van der Waals surface area contributed by atoms with Crippen molar-refractivity contribution in [3.05, 3.63) is 46.2 Å². The standard InChI is InChI=1S/C19H20N2O5S/c1-21-6-7-26-15-5-4-13(11-14(15)19(21)25)20-17(22)9-12(10-18(23)24)16-3-2-8-27-16/h2-5,8,11-12H,6-7,9-10H2,1H3,(H,20,22)(H,23,24). The molecule has 1 aliphatic rings. The van der Waals surface area contributed by atoms with Crippen molar-refractivity contribution in [2.45, 2.75) is 18.8 Å². The molecule has 1 atom stereocenters. The maximum Gasteiger partial charge on any atom is 0.304 e. The molecule has 2 N–H and O–H groups in total. The molecule has 0 radical (unpaired) electrons. The molecule has 8 heteroatoms. The van der Waals surface area contributed by atoms with Crippen molar-refractivity contribution in [3.8, 4) is 5.75 Å². The molecule has 3 rings (SSSR count). The zero-order valence-corrected chi connectivity index (χ0v) is 15.6. The first-order chi connectivity index (χ1) is 12.9. The van der Waals surface area contributed by atoms with E-state index in [9.17, 15) is 14.4 Å². The van der Waals surface area contributed by atoms with Gasteiger partial charge >= 0.3 is 5.97 Å². The molecule has 0 saturated heterocycles. The van der Waals surface area contributed by atoms with Crippen LogP contribution < -0.4 is 10.1 Å². The van der Waals surface area contributed by atoms with Gasteiger partial charge in [0, 0.05) is 30.0 Å². The number of aliphatic carboxylic acids is 1. The van der Waals surface area contributed by atoms with Crippen LogP contribution in [0.1, 0.15) is 34.0 Å². The van der Waals surface area contributed by atoms with E-state index in [1.165, 1.54) is 11.3 Å². The predicted octanol–water partition coefficient (Wildman–Crippen LogP) is 2.80. The minimum absolute atomic E-state index is 0.0498. The fourth-order valence-corrected chi connectivity index (χ4v) is 3.77. The van der Waals surface area contributed by atoms with E-state index in [4.69, 9.17) is 9.84 Å². The Kier molecular flexibility index (Phi) is 5.75.